The Morgan fingerprint density at radius 1 is 1.40 bits per heavy atom. The Labute approximate surface area is 122 Å². The van der Waals surface area contributed by atoms with Gasteiger partial charge in [-0.2, -0.15) is 0 Å². The quantitative estimate of drug-likeness (QED) is 0.678. The maximum absolute atomic E-state index is 8.96. The Kier molecular flexibility index (Phi) is 5.48. The second-order valence-corrected chi connectivity index (χ2v) is 5.65. The molecule has 1 fully saturated rings. The molecule has 1 atom stereocenters. The van der Waals surface area contributed by atoms with Gasteiger partial charge < -0.3 is 15.3 Å². The van der Waals surface area contributed by atoms with Crippen LogP contribution in [0.1, 0.15) is 25.7 Å². The second-order valence-electron chi connectivity index (χ2n) is 5.65. The highest BCUT2D eigenvalue weighted by Gasteiger charge is 2.30. The molecule has 2 rings (SSSR count). The summed E-state index contributed by atoms with van der Waals surface area (Å²) < 4.78 is 0. The lowest BCUT2D eigenvalue weighted by Crippen LogP contribution is -2.22. The van der Waals surface area contributed by atoms with Gasteiger partial charge in [-0.25, -0.2) is 0 Å². The summed E-state index contributed by atoms with van der Waals surface area (Å²) in [6, 6.07) is 9.05. The first kappa shape index (κ1) is 14.9. The first-order chi connectivity index (χ1) is 9.74. The Hall–Kier alpha value is -1.48. The SMILES string of the molecule is C=CCCC(Nc1ccc(N(C)CCO)cc1)C1CC1. The highest BCUT2D eigenvalue weighted by Crippen LogP contribution is 2.36. The summed E-state index contributed by atoms with van der Waals surface area (Å²) in [5, 5.41) is 12.6. The van der Waals surface area contributed by atoms with Crippen LogP contribution in [0.25, 0.3) is 0 Å². The molecule has 0 aromatic heterocycles. The van der Waals surface area contributed by atoms with Crippen molar-refractivity contribution in [2.45, 2.75) is 31.7 Å². The van der Waals surface area contributed by atoms with Gasteiger partial charge in [0.15, 0.2) is 0 Å². The maximum atomic E-state index is 8.96. The van der Waals surface area contributed by atoms with Crippen LogP contribution in [0.3, 0.4) is 0 Å². The minimum atomic E-state index is 0.182. The molecule has 0 heterocycles. The van der Waals surface area contributed by atoms with E-state index in [0.717, 1.165) is 18.0 Å². The van der Waals surface area contributed by atoms with E-state index in [2.05, 4.69) is 41.1 Å². The highest BCUT2D eigenvalue weighted by molar-refractivity contribution is 5.55. The zero-order valence-electron chi connectivity index (χ0n) is 12.4. The van der Waals surface area contributed by atoms with E-state index in [9.17, 15) is 0 Å². The van der Waals surface area contributed by atoms with E-state index in [1.54, 1.807) is 0 Å². The van der Waals surface area contributed by atoms with E-state index in [1.807, 2.05) is 13.1 Å². The number of allylic oxidation sites excluding steroid dienone is 1. The number of benzene rings is 1. The molecule has 3 nitrogen and oxygen atoms in total. The van der Waals surface area contributed by atoms with E-state index >= 15 is 0 Å². The summed E-state index contributed by atoms with van der Waals surface area (Å²) in [5.41, 5.74) is 2.32. The first-order valence-electron chi connectivity index (χ1n) is 7.54. The summed E-state index contributed by atoms with van der Waals surface area (Å²) in [5.74, 6) is 0.840. The Bertz CT molecular complexity index is 412. The van der Waals surface area contributed by atoms with Crippen LogP contribution < -0.4 is 10.2 Å². The molecule has 1 aliphatic rings. The van der Waals surface area contributed by atoms with Gasteiger partial charge in [0.05, 0.1) is 6.61 Å². The molecule has 1 aliphatic carbocycles. The third kappa shape index (κ3) is 4.27. The number of aliphatic hydroxyl groups excluding tert-OH is 1. The van der Waals surface area contributed by atoms with E-state index < -0.39 is 0 Å². The fourth-order valence-corrected chi connectivity index (χ4v) is 2.53. The summed E-state index contributed by atoms with van der Waals surface area (Å²) in [4.78, 5) is 2.06. The molecule has 0 saturated heterocycles. The predicted molar refractivity (Wildman–Crippen MR) is 86.4 cm³/mol. The molecule has 0 spiro atoms. The minimum absolute atomic E-state index is 0.182. The Morgan fingerprint density at radius 2 is 2.10 bits per heavy atom. The number of anilines is 2. The van der Waals surface area contributed by atoms with Crippen LogP contribution in [0.5, 0.6) is 0 Å². The van der Waals surface area contributed by atoms with Crippen molar-refractivity contribution < 1.29 is 5.11 Å². The van der Waals surface area contributed by atoms with Crippen LogP contribution in [0.4, 0.5) is 11.4 Å². The van der Waals surface area contributed by atoms with Crippen LogP contribution >= 0.6 is 0 Å². The van der Waals surface area contributed by atoms with Crippen molar-refractivity contribution in [2.24, 2.45) is 5.92 Å². The summed E-state index contributed by atoms with van der Waals surface area (Å²) in [6.07, 6.45) is 6.95. The van der Waals surface area contributed by atoms with Crippen molar-refractivity contribution in [1.82, 2.24) is 0 Å². The number of rotatable bonds is 9. The zero-order chi connectivity index (χ0) is 14.4. The van der Waals surface area contributed by atoms with Crippen LogP contribution in [0.2, 0.25) is 0 Å². The van der Waals surface area contributed by atoms with Crippen molar-refractivity contribution in [1.29, 1.82) is 0 Å². The van der Waals surface area contributed by atoms with Gasteiger partial charge in [-0.3, -0.25) is 0 Å². The van der Waals surface area contributed by atoms with Gasteiger partial charge in [0, 0.05) is 31.0 Å². The maximum Gasteiger partial charge on any atom is 0.0606 e. The lowest BCUT2D eigenvalue weighted by molar-refractivity contribution is 0.304. The Morgan fingerprint density at radius 3 is 2.65 bits per heavy atom. The number of likely N-dealkylation sites (N-methyl/N-ethyl adjacent to an activating group) is 1. The third-order valence-electron chi connectivity index (χ3n) is 3.97. The molecule has 0 radical (unpaired) electrons. The predicted octanol–water partition coefficient (Wildman–Crippen LogP) is 3.27. The standard InChI is InChI=1S/C17H26N2O/c1-3-4-5-17(14-6-7-14)18-15-8-10-16(11-9-15)19(2)12-13-20/h3,8-11,14,17-18,20H,1,4-7,12-13H2,2H3. The van der Waals surface area contributed by atoms with Crippen LogP contribution in [-0.4, -0.2) is 31.3 Å². The summed E-state index contributed by atoms with van der Waals surface area (Å²) in [6.45, 7) is 4.66. The third-order valence-corrected chi connectivity index (χ3v) is 3.97. The zero-order valence-corrected chi connectivity index (χ0v) is 12.4. The molecule has 1 saturated carbocycles. The van der Waals surface area contributed by atoms with Crippen LogP contribution in [-0.2, 0) is 0 Å². The topological polar surface area (TPSA) is 35.5 Å². The summed E-state index contributed by atoms with van der Waals surface area (Å²) in [7, 11) is 2.00. The van der Waals surface area contributed by atoms with Gasteiger partial charge in [-0.15, -0.1) is 6.58 Å². The average Bonchev–Trinajstić information content (AvgIpc) is 3.29. The molecule has 3 heteroatoms. The highest BCUT2D eigenvalue weighted by atomic mass is 16.3. The normalized spacial score (nSPS) is 15.7. The lowest BCUT2D eigenvalue weighted by Gasteiger charge is -2.21. The Balaban J connectivity index is 1.92. The van der Waals surface area contributed by atoms with E-state index in [1.165, 1.54) is 24.9 Å². The largest absolute Gasteiger partial charge is 0.395 e. The molecule has 1 unspecified atom stereocenters. The van der Waals surface area contributed by atoms with Gasteiger partial charge >= 0.3 is 0 Å². The van der Waals surface area contributed by atoms with E-state index in [-0.39, 0.29) is 6.61 Å². The number of nitrogens with one attached hydrogen (secondary N) is 1. The van der Waals surface area contributed by atoms with E-state index in [4.69, 9.17) is 5.11 Å². The van der Waals surface area contributed by atoms with E-state index in [0.29, 0.717) is 12.6 Å². The molecule has 1 aromatic carbocycles. The molecule has 0 bridgehead atoms. The van der Waals surface area contributed by atoms with Crippen molar-refractivity contribution in [3.63, 3.8) is 0 Å². The number of hydrogen-bond donors (Lipinski definition) is 2. The first-order valence-corrected chi connectivity index (χ1v) is 7.54. The molecule has 0 amide bonds. The molecular formula is C17H26N2O. The fourth-order valence-electron chi connectivity index (χ4n) is 2.53. The van der Waals surface area contributed by atoms with Crippen LogP contribution in [0, 0.1) is 5.92 Å². The number of hydrogen-bond acceptors (Lipinski definition) is 3. The van der Waals surface area contributed by atoms with Crippen molar-refractivity contribution in [3.8, 4) is 0 Å². The van der Waals surface area contributed by atoms with Crippen LogP contribution in [0.15, 0.2) is 36.9 Å². The second kappa shape index (κ2) is 7.34. The van der Waals surface area contributed by atoms with Crippen molar-refractivity contribution in [2.75, 3.05) is 30.4 Å². The molecule has 2 N–H and O–H groups in total. The van der Waals surface area contributed by atoms with Gasteiger partial charge in [-0.05, 0) is 55.9 Å². The smallest absolute Gasteiger partial charge is 0.0606 e. The van der Waals surface area contributed by atoms with Gasteiger partial charge in [0.1, 0.15) is 0 Å². The number of nitrogens with zero attached hydrogens (tertiary/aromatic N) is 1. The molecule has 20 heavy (non-hydrogen) atoms. The van der Waals surface area contributed by atoms with Gasteiger partial charge in [0.2, 0.25) is 0 Å². The average molecular weight is 274 g/mol. The lowest BCUT2D eigenvalue weighted by atomic mass is 10.1. The molecule has 0 aliphatic heterocycles. The van der Waals surface area contributed by atoms with Gasteiger partial charge in [0.25, 0.3) is 0 Å². The van der Waals surface area contributed by atoms with Gasteiger partial charge in [-0.1, -0.05) is 6.08 Å². The fraction of sp³-hybridized carbons (Fsp3) is 0.529. The van der Waals surface area contributed by atoms with Crippen molar-refractivity contribution >= 4 is 11.4 Å². The minimum Gasteiger partial charge on any atom is -0.395 e. The van der Waals surface area contributed by atoms with Crippen molar-refractivity contribution in [3.05, 3.63) is 36.9 Å². The number of aliphatic hydroxyl groups is 1. The summed E-state index contributed by atoms with van der Waals surface area (Å²) >= 11 is 0. The molecular weight excluding hydrogens is 248 g/mol. The molecule has 1 aromatic rings. The monoisotopic (exact) mass is 274 g/mol. The molecule has 110 valence electrons.